The Bertz CT molecular complexity index is 406. The van der Waals surface area contributed by atoms with E-state index in [0.717, 1.165) is 38.1 Å². The fourth-order valence-electron chi connectivity index (χ4n) is 3.22. The largest absolute Gasteiger partial charge is 0.496 e. The minimum atomic E-state index is -0.221. The average Bonchev–Trinajstić information content (AvgIpc) is 2.48. The van der Waals surface area contributed by atoms with E-state index in [1.54, 1.807) is 7.11 Å². The molecule has 0 saturated carbocycles. The van der Waals surface area contributed by atoms with Crippen LogP contribution in [0.4, 0.5) is 0 Å². The van der Waals surface area contributed by atoms with Gasteiger partial charge in [-0.2, -0.15) is 0 Å². The Balaban J connectivity index is 1.85. The highest BCUT2D eigenvalue weighted by molar-refractivity contribution is 5.33. The third kappa shape index (κ3) is 3.97. The molecule has 2 atom stereocenters. The predicted octanol–water partition coefficient (Wildman–Crippen LogP) is 2.86. The summed E-state index contributed by atoms with van der Waals surface area (Å²) >= 11 is 0. The highest BCUT2D eigenvalue weighted by atomic mass is 16.5. The summed E-state index contributed by atoms with van der Waals surface area (Å²) in [5.41, 5.74) is 1.28. The lowest BCUT2D eigenvalue weighted by Crippen LogP contribution is -2.46. The number of hydrogen-bond donors (Lipinski definition) is 1. The Morgan fingerprint density at radius 3 is 2.90 bits per heavy atom. The second-order valence-corrected chi connectivity index (χ2v) is 5.76. The molecule has 20 heavy (non-hydrogen) atoms. The summed E-state index contributed by atoms with van der Waals surface area (Å²) in [6.07, 6.45) is 5.57. The van der Waals surface area contributed by atoms with E-state index < -0.39 is 0 Å². The first-order valence-corrected chi connectivity index (χ1v) is 7.76. The van der Waals surface area contributed by atoms with Gasteiger partial charge >= 0.3 is 0 Å². The van der Waals surface area contributed by atoms with E-state index in [2.05, 4.69) is 17.0 Å². The van der Waals surface area contributed by atoms with Crippen LogP contribution in [0.2, 0.25) is 0 Å². The number of nitrogens with zero attached hydrogens (tertiary/aromatic N) is 1. The summed E-state index contributed by atoms with van der Waals surface area (Å²) in [6, 6.07) is 8.59. The van der Waals surface area contributed by atoms with Gasteiger partial charge in [-0.05, 0) is 57.3 Å². The van der Waals surface area contributed by atoms with E-state index in [-0.39, 0.29) is 6.10 Å². The zero-order valence-corrected chi connectivity index (χ0v) is 12.7. The summed E-state index contributed by atoms with van der Waals surface area (Å²) in [6.45, 7) is 4.11. The van der Waals surface area contributed by atoms with Crippen molar-refractivity contribution in [3.05, 3.63) is 29.8 Å². The fourth-order valence-corrected chi connectivity index (χ4v) is 3.22. The molecule has 1 aromatic carbocycles. The first kappa shape index (κ1) is 15.3. The minimum Gasteiger partial charge on any atom is -0.496 e. The van der Waals surface area contributed by atoms with E-state index in [0.29, 0.717) is 6.04 Å². The maximum atomic E-state index is 9.88. The maximum absolute atomic E-state index is 9.88. The van der Waals surface area contributed by atoms with Crippen LogP contribution in [0.25, 0.3) is 0 Å². The molecule has 0 aliphatic carbocycles. The number of aryl methyl sites for hydroxylation is 1. The molecule has 2 rings (SSSR count). The first-order valence-electron chi connectivity index (χ1n) is 7.76. The molecule has 1 N–H and O–H groups in total. The quantitative estimate of drug-likeness (QED) is 0.868. The van der Waals surface area contributed by atoms with Gasteiger partial charge in [-0.1, -0.05) is 24.6 Å². The van der Waals surface area contributed by atoms with Gasteiger partial charge in [-0.3, -0.25) is 4.90 Å². The number of aliphatic hydroxyl groups is 1. The summed E-state index contributed by atoms with van der Waals surface area (Å²) in [5, 5.41) is 9.88. The molecule has 0 amide bonds. The summed E-state index contributed by atoms with van der Waals surface area (Å²) in [4.78, 5) is 2.46. The molecular formula is C17H27NO2. The Kier molecular flexibility index (Phi) is 5.86. The molecule has 1 aliphatic heterocycles. The smallest absolute Gasteiger partial charge is 0.122 e. The third-order valence-electron chi connectivity index (χ3n) is 4.31. The van der Waals surface area contributed by atoms with Crippen LogP contribution in [0.5, 0.6) is 5.75 Å². The Hall–Kier alpha value is -1.06. The molecule has 1 saturated heterocycles. The van der Waals surface area contributed by atoms with Crippen molar-refractivity contribution in [3.8, 4) is 5.75 Å². The van der Waals surface area contributed by atoms with E-state index in [4.69, 9.17) is 4.74 Å². The van der Waals surface area contributed by atoms with Crippen LogP contribution in [0, 0.1) is 0 Å². The van der Waals surface area contributed by atoms with E-state index >= 15 is 0 Å². The predicted molar refractivity (Wildman–Crippen MR) is 82.2 cm³/mol. The molecule has 0 radical (unpaired) electrons. The number of rotatable bonds is 6. The lowest BCUT2D eigenvalue weighted by molar-refractivity contribution is 0.0359. The van der Waals surface area contributed by atoms with Crippen molar-refractivity contribution in [1.29, 1.82) is 0 Å². The molecule has 112 valence electrons. The molecule has 3 heteroatoms. The van der Waals surface area contributed by atoms with Gasteiger partial charge in [0.25, 0.3) is 0 Å². The van der Waals surface area contributed by atoms with Gasteiger partial charge in [0.1, 0.15) is 5.75 Å². The van der Waals surface area contributed by atoms with Crippen LogP contribution < -0.4 is 4.74 Å². The summed E-state index contributed by atoms with van der Waals surface area (Å²) < 4.78 is 5.39. The Labute approximate surface area is 122 Å². The van der Waals surface area contributed by atoms with Crippen molar-refractivity contribution >= 4 is 0 Å². The lowest BCUT2D eigenvalue weighted by Gasteiger charge is -2.37. The van der Waals surface area contributed by atoms with Crippen molar-refractivity contribution in [2.75, 3.05) is 20.2 Å². The van der Waals surface area contributed by atoms with Crippen molar-refractivity contribution in [3.63, 3.8) is 0 Å². The van der Waals surface area contributed by atoms with Crippen molar-refractivity contribution in [2.24, 2.45) is 0 Å². The van der Waals surface area contributed by atoms with Crippen LogP contribution in [-0.2, 0) is 6.42 Å². The van der Waals surface area contributed by atoms with Crippen molar-refractivity contribution in [1.82, 2.24) is 4.90 Å². The van der Waals surface area contributed by atoms with Gasteiger partial charge in [0.05, 0.1) is 13.2 Å². The highest BCUT2D eigenvalue weighted by Crippen LogP contribution is 2.22. The van der Waals surface area contributed by atoms with E-state index in [9.17, 15) is 5.11 Å². The molecular weight excluding hydrogens is 250 g/mol. The van der Waals surface area contributed by atoms with Gasteiger partial charge in [-0.25, -0.2) is 0 Å². The summed E-state index contributed by atoms with van der Waals surface area (Å²) in [5.74, 6) is 0.984. The standard InChI is InChI=1S/C17H27NO2/c1-14(19)16-10-5-6-12-18(16)13-7-9-15-8-3-4-11-17(15)20-2/h3-4,8,11,14,16,19H,5-7,9-10,12-13H2,1-2H3. The Morgan fingerprint density at radius 1 is 1.35 bits per heavy atom. The number of para-hydroxylation sites is 1. The fraction of sp³-hybridized carbons (Fsp3) is 0.647. The highest BCUT2D eigenvalue weighted by Gasteiger charge is 2.25. The molecule has 1 heterocycles. The first-order chi connectivity index (χ1) is 9.72. The molecule has 1 aliphatic rings. The van der Waals surface area contributed by atoms with Gasteiger partial charge in [0, 0.05) is 6.04 Å². The number of piperidine rings is 1. The lowest BCUT2D eigenvalue weighted by atomic mass is 9.97. The molecule has 1 aromatic rings. The van der Waals surface area contributed by atoms with Crippen LogP contribution in [0.1, 0.15) is 38.2 Å². The molecule has 0 bridgehead atoms. The second-order valence-electron chi connectivity index (χ2n) is 5.76. The third-order valence-corrected chi connectivity index (χ3v) is 4.31. The van der Waals surface area contributed by atoms with Gasteiger partial charge in [0.2, 0.25) is 0 Å². The average molecular weight is 277 g/mol. The SMILES string of the molecule is COc1ccccc1CCCN1CCCCC1C(C)O. The van der Waals surface area contributed by atoms with E-state index in [1.807, 2.05) is 19.1 Å². The minimum absolute atomic E-state index is 0.221. The van der Waals surface area contributed by atoms with Gasteiger partial charge in [-0.15, -0.1) is 0 Å². The molecule has 0 spiro atoms. The van der Waals surface area contributed by atoms with Crippen molar-refractivity contribution in [2.45, 2.75) is 51.2 Å². The number of aliphatic hydroxyl groups excluding tert-OH is 1. The number of ether oxygens (including phenoxy) is 1. The zero-order chi connectivity index (χ0) is 14.4. The number of hydrogen-bond acceptors (Lipinski definition) is 3. The number of likely N-dealkylation sites (tertiary alicyclic amines) is 1. The van der Waals surface area contributed by atoms with Gasteiger partial charge in [0.15, 0.2) is 0 Å². The molecule has 2 unspecified atom stereocenters. The zero-order valence-electron chi connectivity index (χ0n) is 12.7. The normalized spacial score (nSPS) is 21.6. The Morgan fingerprint density at radius 2 is 2.15 bits per heavy atom. The second kappa shape index (κ2) is 7.65. The van der Waals surface area contributed by atoms with E-state index in [1.165, 1.54) is 18.4 Å². The van der Waals surface area contributed by atoms with Crippen LogP contribution >= 0.6 is 0 Å². The molecule has 0 aromatic heterocycles. The topological polar surface area (TPSA) is 32.7 Å². The van der Waals surface area contributed by atoms with Crippen LogP contribution in [0.3, 0.4) is 0 Å². The molecule has 3 nitrogen and oxygen atoms in total. The van der Waals surface area contributed by atoms with Gasteiger partial charge < -0.3 is 9.84 Å². The number of benzene rings is 1. The number of methoxy groups -OCH3 is 1. The molecule has 1 fully saturated rings. The van der Waals surface area contributed by atoms with Crippen LogP contribution in [0.15, 0.2) is 24.3 Å². The van der Waals surface area contributed by atoms with Crippen LogP contribution in [-0.4, -0.2) is 42.4 Å². The van der Waals surface area contributed by atoms with Crippen molar-refractivity contribution < 1.29 is 9.84 Å². The monoisotopic (exact) mass is 277 g/mol. The summed E-state index contributed by atoms with van der Waals surface area (Å²) in [7, 11) is 1.73. The maximum Gasteiger partial charge on any atom is 0.122 e.